The van der Waals surface area contributed by atoms with Crippen LogP contribution in [0.4, 0.5) is 0 Å². The second-order valence-electron chi connectivity index (χ2n) is 27.2. The average molecular weight is 1540 g/mol. The van der Waals surface area contributed by atoms with E-state index in [2.05, 4.69) is 191 Å². The summed E-state index contributed by atoms with van der Waals surface area (Å²) in [5, 5.41) is 20.7. The van der Waals surface area contributed by atoms with Crippen LogP contribution in [0, 0.1) is 0 Å². The third kappa shape index (κ3) is 81.7. The first kappa shape index (κ1) is 102. The van der Waals surface area contributed by atoms with Crippen LogP contribution in [0.3, 0.4) is 0 Å². The van der Waals surface area contributed by atoms with Crippen molar-refractivity contribution in [2.45, 2.75) is 334 Å². The van der Waals surface area contributed by atoms with Crippen LogP contribution in [0.15, 0.2) is 170 Å². The van der Waals surface area contributed by atoms with E-state index in [4.69, 9.17) is 32.3 Å². The van der Waals surface area contributed by atoms with Crippen molar-refractivity contribution in [2.24, 2.45) is 0 Å². The minimum Gasteiger partial charge on any atom is -0.463 e. The Labute approximate surface area is 650 Å². The highest BCUT2D eigenvalue weighted by atomic mass is 31.2. The van der Waals surface area contributed by atoms with Gasteiger partial charge >= 0.3 is 33.6 Å². The van der Waals surface area contributed by atoms with Crippen LogP contribution in [0.5, 0.6) is 0 Å². The topological polar surface area (TPSA) is 231 Å². The highest BCUT2D eigenvalue weighted by Crippen LogP contribution is 2.45. The molecule has 0 saturated heterocycles. The zero-order chi connectivity index (χ0) is 78.0. The Hall–Kier alpha value is -5.09. The summed E-state index contributed by atoms with van der Waals surface area (Å²) in [6, 6.07) is 0. The Morgan fingerprint density at radius 2 is 0.495 bits per heavy atom. The fraction of sp³-hybridized carbons (Fsp3) is 0.652. The van der Waals surface area contributed by atoms with Gasteiger partial charge in [-0.2, -0.15) is 0 Å². The highest BCUT2D eigenvalue weighted by molar-refractivity contribution is 7.47. The zero-order valence-electron chi connectivity index (χ0n) is 66.7. The van der Waals surface area contributed by atoms with Crippen LogP contribution in [-0.4, -0.2) is 95.9 Å². The number of carbonyl (C=O) groups excluding carboxylic acids is 3. The van der Waals surface area contributed by atoms with Gasteiger partial charge in [-0.3, -0.25) is 32.5 Å². The summed E-state index contributed by atoms with van der Waals surface area (Å²) in [4.78, 5) is 58.8. The number of phosphoric acid groups is 2. The van der Waals surface area contributed by atoms with Crippen molar-refractivity contribution < 1.29 is 75.8 Å². The molecule has 18 heteroatoms. The Morgan fingerprint density at radius 3 is 0.794 bits per heavy atom. The van der Waals surface area contributed by atoms with Crippen LogP contribution in [0.25, 0.3) is 0 Å². The van der Waals surface area contributed by atoms with Gasteiger partial charge in [0.2, 0.25) is 0 Å². The van der Waals surface area contributed by atoms with E-state index in [-0.39, 0.29) is 19.3 Å². The number of allylic oxidation sites excluding steroid dienone is 28. The van der Waals surface area contributed by atoms with E-state index in [0.717, 1.165) is 154 Å². The third-order valence-electron chi connectivity index (χ3n) is 16.9. The van der Waals surface area contributed by atoms with E-state index in [1.165, 1.54) is 103 Å². The van der Waals surface area contributed by atoms with E-state index in [1.807, 2.05) is 0 Å². The largest absolute Gasteiger partial charge is 0.472 e. The Kier molecular flexibility index (Phi) is 76.6. The van der Waals surface area contributed by atoms with E-state index in [0.29, 0.717) is 19.3 Å². The number of rotatable bonds is 77. The molecule has 0 aliphatic rings. The second-order valence-corrected chi connectivity index (χ2v) is 30.1. The molecule has 0 rings (SSSR count). The molecule has 0 aromatic carbocycles. The van der Waals surface area contributed by atoms with Crippen LogP contribution in [0.1, 0.15) is 316 Å². The van der Waals surface area contributed by atoms with Gasteiger partial charge in [-0.1, -0.05) is 313 Å². The fourth-order valence-corrected chi connectivity index (χ4v) is 12.3. The van der Waals surface area contributed by atoms with Gasteiger partial charge in [-0.05, 0) is 154 Å². The fourth-order valence-electron chi connectivity index (χ4n) is 10.7. The lowest BCUT2D eigenvalue weighted by Crippen LogP contribution is -2.30. The molecule has 0 heterocycles. The molecule has 5 unspecified atom stereocenters. The summed E-state index contributed by atoms with van der Waals surface area (Å²) in [6.07, 6.45) is 103. The van der Waals surface area contributed by atoms with E-state index in [1.54, 1.807) is 0 Å². The maximum atomic E-state index is 13.0. The molecular weight excluding hydrogens is 1390 g/mol. The van der Waals surface area contributed by atoms with Gasteiger partial charge in [0.15, 0.2) is 6.10 Å². The molecule has 0 aromatic heterocycles. The molecule has 610 valence electrons. The number of unbranched alkanes of at least 4 members (excludes halogenated alkanes) is 26. The SMILES string of the molecule is CC/C=C\C/C=C\C/C=C\C/C=C\C/C=C\CCCCCCCCCCCCCCCCCC(=O)OCC(O)COP(=O)(O)OCC(O)COP(=O)(O)OCC(COC(=O)CCCCCCC/C=C\C/C=C\C/C=C\C/C=C\CCCCC)OC(=O)CCCCC/C=C\C/C=C\C/C=C\C/C=C\C/C=C\CC. The second kappa shape index (κ2) is 80.4. The summed E-state index contributed by atoms with van der Waals surface area (Å²) >= 11 is 0. The predicted octanol–water partition coefficient (Wildman–Crippen LogP) is 24.8. The van der Waals surface area contributed by atoms with Crippen molar-refractivity contribution in [3.63, 3.8) is 0 Å². The molecule has 0 radical (unpaired) electrons. The number of phosphoric ester groups is 2. The minimum absolute atomic E-state index is 0.0555. The molecule has 0 saturated carbocycles. The summed E-state index contributed by atoms with van der Waals surface area (Å²) in [5.41, 5.74) is 0. The standard InChI is InChI=1S/C89H148O16P2/c1-4-7-10-13-16-19-22-25-28-31-34-36-37-38-39-40-41-42-43-44-45-47-50-51-54-57-60-63-66-69-72-75-87(92)99-78-84(90)79-101-106(95,96)102-80-85(91)81-103-107(97,98)104-83-86(105-89(94)77-74-71-68-65-62-59-56-53-48-33-30-27-24-21-18-15-12-9-6-3)82-100-88(93)76-73-70-67-64-61-58-55-52-49-46-35-32-29-26-23-20-17-14-11-8-5-2/h7,9-10,12,16-21,25-30,34-36,38-39,46,48,52-53,55,59,62,84-86,90-91H,4-6,8,11,13-15,22-24,31-33,37,40-45,47,49-51,54,56-58,60-61,63-83H2,1-3H3,(H,95,96)(H,97,98)/b10-7-,12-9-,19-16-,20-17-,21-18-,28-25-,29-26-,30-27-,36-34-,39-38-,46-35-,53-48-,55-52-,62-59-. The molecular formula is C89H148O16P2. The normalized spacial score (nSPS) is 14.8. The van der Waals surface area contributed by atoms with Gasteiger partial charge in [0.05, 0.1) is 26.4 Å². The summed E-state index contributed by atoms with van der Waals surface area (Å²) in [5.74, 6) is -1.64. The van der Waals surface area contributed by atoms with Gasteiger partial charge in [-0.15, -0.1) is 0 Å². The number of hydrogen-bond acceptors (Lipinski definition) is 14. The Morgan fingerprint density at radius 1 is 0.271 bits per heavy atom. The van der Waals surface area contributed by atoms with Crippen molar-refractivity contribution in [3.8, 4) is 0 Å². The van der Waals surface area contributed by atoms with Crippen molar-refractivity contribution in [3.05, 3.63) is 170 Å². The third-order valence-corrected chi connectivity index (χ3v) is 18.8. The molecule has 0 aliphatic heterocycles. The average Bonchev–Trinajstić information content (AvgIpc) is 0.906. The van der Waals surface area contributed by atoms with Crippen LogP contribution >= 0.6 is 15.6 Å². The number of hydrogen-bond donors (Lipinski definition) is 4. The first-order chi connectivity index (χ1) is 52.2. The predicted molar refractivity (Wildman–Crippen MR) is 445 cm³/mol. The number of carbonyl (C=O) groups is 3. The highest BCUT2D eigenvalue weighted by Gasteiger charge is 2.29. The molecule has 107 heavy (non-hydrogen) atoms. The monoisotopic (exact) mass is 1540 g/mol. The lowest BCUT2D eigenvalue weighted by atomic mass is 10.0. The summed E-state index contributed by atoms with van der Waals surface area (Å²) in [6.45, 7) is 2.37. The maximum Gasteiger partial charge on any atom is 0.472 e. The van der Waals surface area contributed by atoms with Gasteiger partial charge < -0.3 is 34.2 Å². The molecule has 0 fully saturated rings. The summed E-state index contributed by atoms with van der Waals surface area (Å²) in [7, 11) is -9.82. The Balaban J connectivity index is 4.60. The van der Waals surface area contributed by atoms with Crippen molar-refractivity contribution in [1.82, 2.24) is 0 Å². The number of aliphatic hydroxyl groups is 2. The Bertz CT molecular complexity index is 2620. The minimum atomic E-state index is -4.95. The van der Waals surface area contributed by atoms with Crippen molar-refractivity contribution in [1.29, 1.82) is 0 Å². The first-order valence-electron chi connectivity index (χ1n) is 41.4. The van der Waals surface area contributed by atoms with Crippen LogP contribution in [-0.2, 0) is 55.8 Å². The molecule has 16 nitrogen and oxygen atoms in total. The van der Waals surface area contributed by atoms with Gasteiger partial charge in [0, 0.05) is 19.3 Å². The molecule has 4 N–H and O–H groups in total. The van der Waals surface area contributed by atoms with Gasteiger partial charge in [0.25, 0.3) is 0 Å². The van der Waals surface area contributed by atoms with Crippen LogP contribution < -0.4 is 0 Å². The lowest BCUT2D eigenvalue weighted by molar-refractivity contribution is -0.161. The maximum absolute atomic E-state index is 13.0. The molecule has 5 atom stereocenters. The first-order valence-corrected chi connectivity index (χ1v) is 44.4. The van der Waals surface area contributed by atoms with E-state index >= 15 is 0 Å². The van der Waals surface area contributed by atoms with E-state index in [9.17, 15) is 43.5 Å². The lowest BCUT2D eigenvalue weighted by Gasteiger charge is -2.21. The zero-order valence-corrected chi connectivity index (χ0v) is 68.5. The number of aliphatic hydroxyl groups excluding tert-OH is 2. The van der Waals surface area contributed by atoms with E-state index < -0.39 is 91.5 Å². The smallest absolute Gasteiger partial charge is 0.463 e. The number of esters is 3. The summed E-state index contributed by atoms with van der Waals surface area (Å²) < 4.78 is 61.2. The molecule has 0 aromatic rings. The van der Waals surface area contributed by atoms with Crippen molar-refractivity contribution in [2.75, 3.05) is 39.6 Å². The van der Waals surface area contributed by atoms with Crippen molar-refractivity contribution >= 4 is 33.6 Å². The molecule has 0 aliphatic carbocycles. The van der Waals surface area contributed by atoms with Crippen LogP contribution in [0.2, 0.25) is 0 Å². The molecule has 0 spiro atoms. The van der Waals surface area contributed by atoms with Gasteiger partial charge in [0.1, 0.15) is 25.4 Å². The number of ether oxygens (including phenoxy) is 3. The molecule has 0 bridgehead atoms. The van der Waals surface area contributed by atoms with Gasteiger partial charge in [-0.25, -0.2) is 9.13 Å². The quantitative estimate of drug-likeness (QED) is 0.0146. The molecule has 0 amide bonds.